The van der Waals surface area contributed by atoms with Gasteiger partial charge in [-0.3, -0.25) is 4.79 Å². The van der Waals surface area contributed by atoms with Crippen LogP contribution in [0, 0.1) is 0 Å². The second-order valence-electron chi connectivity index (χ2n) is 6.69. The molecule has 4 rings (SSSR count). The van der Waals surface area contributed by atoms with Crippen LogP contribution in [-0.2, 0) is 4.79 Å². The quantitative estimate of drug-likeness (QED) is 0.749. The second-order valence-corrected chi connectivity index (χ2v) is 6.69. The van der Waals surface area contributed by atoms with Gasteiger partial charge in [-0.2, -0.15) is 0 Å². The molecule has 1 fully saturated rings. The van der Waals surface area contributed by atoms with E-state index in [0.29, 0.717) is 6.42 Å². The van der Waals surface area contributed by atoms with Crippen LogP contribution in [0.3, 0.4) is 0 Å². The summed E-state index contributed by atoms with van der Waals surface area (Å²) in [5.74, 6) is 0.182. The summed E-state index contributed by atoms with van der Waals surface area (Å²) in [6.07, 6.45) is 3.12. The summed E-state index contributed by atoms with van der Waals surface area (Å²) in [5, 5.41) is 0. The molecule has 5 nitrogen and oxygen atoms in total. The van der Waals surface area contributed by atoms with Crippen LogP contribution in [0.4, 0.5) is 11.4 Å². The number of aromatic amines is 1. The number of nitrogens with one attached hydrogen (secondary N) is 1. The van der Waals surface area contributed by atoms with E-state index in [2.05, 4.69) is 53.0 Å². The number of H-pyrrole nitrogens is 1. The molecule has 1 N–H and O–H groups in total. The summed E-state index contributed by atoms with van der Waals surface area (Å²) in [5.41, 5.74) is 5.23. The third-order valence-corrected chi connectivity index (χ3v) is 5.30. The first-order valence-electron chi connectivity index (χ1n) is 9.31. The molecule has 0 saturated carbocycles. The second kappa shape index (κ2) is 6.83. The third kappa shape index (κ3) is 2.83. The highest BCUT2D eigenvalue weighted by atomic mass is 16.2. The topological polar surface area (TPSA) is 52.2 Å². The van der Waals surface area contributed by atoms with Gasteiger partial charge in [0.1, 0.15) is 0 Å². The standard InChI is InChI=1S/C21H24N4O/c1-3-24(4-2)16-7-5-15(6-8-16)20-11-12-21(26)25(20)17-9-10-18-19(13-17)23-14-22-18/h5-10,13-14,20H,3-4,11-12H2,1-2H3,(H,22,23)/t20-/m1/s1. The average Bonchev–Trinajstić information content (AvgIpc) is 3.29. The Balaban J connectivity index is 1.65. The van der Waals surface area contributed by atoms with Gasteiger partial charge in [-0.25, -0.2) is 4.98 Å². The first-order chi connectivity index (χ1) is 12.7. The molecule has 1 aliphatic heterocycles. The smallest absolute Gasteiger partial charge is 0.227 e. The molecule has 2 aromatic carbocycles. The van der Waals surface area contributed by atoms with Gasteiger partial charge in [0.05, 0.1) is 23.4 Å². The van der Waals surface area contributed by atoms with Crippen LogP contribution in [0.25, 0.3) is 11.0 Å². The van der Waals surface area contributed by atoms with Crippen molar-refractivity contribution in [1.29, 1.82) is 0 Å². The largest absolute Gasteiger partial charge is 0.372 e. The van der Waals surface area contributed by atoms with Gasteiger partial charge in [-0.15, -0.1) is 0 Å². The summed E-state index contributed by atoms with van der Waals surface area (Å²) in [7, 11) is 0. The maximum absolute atomic E-state index is 12.6. The number of fused-ring (bicyclic) bond motifs is 1. The van der Waals surface area contributed by atoms with Crippen molar-refractivity contribution in [2.45, 2.75) is 32.7 Å². The molecule has 0 bridgehead atoms. The predicted octanol–water partition coefficient (Wildman–Crippen LogP) is 4.28. The number of imidazole rings is 1. The van der Waals surface area contributed by atoms with Gasteiger partial charge in [-0.05, 0) is 56.2 Å². The molecular weight excluding hydrogens is 324 g/mol. The average molecular weight is 348 g/mol. The van der Waals surface area contributed by atoms with Crippen LogP contribution in [0.5, 0.6) is 0 Å². The number of aromatic nitrogens is 2. The number of rotatable bonds is 5. The van der Waals surface area contributed by atoms with E-state index in [4.69, 9.17) is 0 Å². The molecule has 1 saturated heterocycles. The summed E-state index contributed by atoms with van der Waals surface area (Å²) in [6.45, 7) is 6.32. The van der Waals surface area contributed by atoms with Crippen LogP contribution >= 0.6 is 0 Å². The van der Waals surface area contributed by atoms with E-state index < -0.39 is 0 Å². The van der Waals surface area contributed by atoms with Gasteiger partial charge >= 0.3 is 0 Å². The van der Waals surface area contributed by atoms with E-state index in [1.165, 1.54) is 11.3 Å². The summed E-state index contributed by atoms with van der Waals surface area (Å²) < 4.78 is 0. The highest BCUT2D eigenvalue weighted by molar-refractivity contribution is 5.98. The Morgan fingerprint density at radius 2 is 1.92 bits per heavy atom. The number of benzene rings is 2. The van der Waals surface area contributed by atoms with Gasteiger partial charge in [0.25, 0.3) is 0 Å². The van der Waals surface area contributed by atoms with Gasteiger partial charge in [0, 0.05) is 30.9 Å². The number of carbonyl (C=O) groups excluding carboxylic acids is 1. The molecule has 1 atom stereocenters. The van der Waals surface area contributed by atoms with E-state index in [0.717, 1.165) is 36.2 Å². The van der Waals surface area contributed by atoms with Crippen molar-refractivity contribution in [3.05, 3.63) is 54.4 Å². The molecule has 0 aliphatic carbocycles. The molecular formula is C21H24N4O. The zero-order valence-electron chi connectivity index (χ0n) is 15.3. The highest BCUT2D eigenvalue weighted by Crippen LogP contribution is 2.38. The molecule has 134 valence electrons. The number of anilines is 2. The van der Waals surface area contributed by atoms with E-state index in [1.54, 1.807) is 6.33 Å². The van der Waals surface area contributed by atoms with Crippen LogP contribution < -0.4 is 9.80 Å². The van der Waals surface area contributed by atoms with E-state index in [9.17, 15) is 4.79 Å². The lowest BCUT2D eigenvalue weighted by atomic mass is 10.0. The van der Waals surface area contributed by atoms with Crippen molar-refractivity contribution in [2.75, 3.05) is 22.9 Å². The van der Waals surface area contributed by atoms with Gasteiger partial charge < -0.3 is 14.8 Å². The van der Waals surface area contributed by atoms with E-state index >= 15 is 0 Å². The van der Waals surface area contributed by atoms with E-state index in [-0.39, 0.29) is 11.9 Å². The Labute approximate surface area is 153 Å². The number of nitrogens with zero attached hydrogens (tertiary/aromatic N) is 3. The summed E-state index contributed by atoms with van der Waals surface area (Å²) >= 11 is 0. The lowest BCUT2D eigenvalue weighted by Crippen LogP contribution is -2.27. The minimum atomic E-state index is 0.0913. The van der Waals surface area contributed by atoms with Crippen molar-refractivity contribution in [2.24, 2.45) is 0 Å². The molecule has 1 aromatic heterocycles. The Hall–Kier alpha value is -2.82. The third-order valence-electron chi connectivity index (χ3n) is 5.30. The van der Waals surface area contributed by atoms with Crippen LogP contribution in [0.15, 0.2) is 48.8 Å². The Bertz CT molecular complexity index is 911. The summed E-state index contributed by atoms with van der Waals surface area (Å²) in [6, 6.07) is 14.7. The molecule has 0 unspecified atom stereocenters. The number of hydrogen-bond donors (Lipinski definition) is 1. The van der Waals surface area contributed by atoms with Gasteiger partial charge in [-0.1, -0.05) is 12.1 Å². The molecule has 2 heterocycles. The van der Waals surface area contributed by atoms with Crippen molar-refractivity contribution in [3.63, 3.8) is 0 Å². The number of carbonyl (C=O) groups is 1. The maximum Gasteiger partial charge on any atom is 0.227 e. The normalized spacial score (nSPS) is 17.2. The first kappa shape index (κ1) is 16.6. The van der Waals surface area contributed by atoms with Crippen molar-refractivity contribution < 1.29 is 4.79 Å². The van der Waals surface area contributed by atoms with Crippen LogP contribution in [0.2, 0.25) is 0 Å². The highest BCUT2D eigenvalue weighted by Gasteiger charge is 2.33. The molecule has 3 aromatic rings. The first-order valence-corrected chi connectivity index (χ1v) is 9.31. The Morgan fingerprint density at radius 1 is 1.15 bits per heavy atom. The molecule has 5 heteroatoms. The minimum Gasteiger partial charge on any atom is -0.372 e. The minimum absolute atomic E-state index is 0.0913. The lowest BCUT2D eigenvalue weighted by Gasteiger charge is -2.26. The van der Waals surface area contributed by atoms with Crippen LogP contribution in [-0.4, -0.2) is 29.0 Å². The zero-order valence-corrected chi connectivity index (χ0v) is 15.3. The number of amides is 1. The maximum atomic E-state index is 12.6. The monoisotopic (exact) mass is 348 g/mol. The fraction of sp³-hybridized carbons (Fsp3) is 0.333. The van der Waals surface area contributed by atoms with Crippen LogP contribution in [0.1, 0.15) is 38.3 Å². The zero-order chi connectivity index (χ0) is 18.1. The molecule has 1 amide bonds. The predicted molar refractivity (Wildman–Crippen MR) is 106 cm³/mol. The van der Waals surface area contributed by atoms with Crippen molar-refractivity contribution >= 4 is 28.3 Å². The number of hydrogen-bond acceptors (Lipinski definition) is 3. The summed E-state index contributed by atoms with van der Waals surface area (Å²) in [4.78, 5) is 24.2. The molecule has 1 aliphatic rings. The van der Waals surface area contributed by atoms with Gasteiger partial charge in [0.15, 0.2) is 0 Å². The molecule has 0 spiro atoms. The van der Waals surface area contributed by atoms with Crippen molar-refractivity contribution in [1.82, 2.24) is 9.97 Å². The lowest BCUT2D eigenvalue weighted by molar-refractivity contribution is -0.117. The molecule has 0 radical (unpaired) electrons. The van der Waals surface area contributed by atoms with Gasteiger partial charge in [0.2, 0.25) is 5.91 Å². The SMILES string of the molecule is CCN(CC)c1ccc([C@H]2CCC(=O)N2c2ccc3nc[nH]c3c2)cc1. The molecule has 26 heavy (non-hydrogen) atoms. The van der Waals surface area contributed by atoms with Crippen molar-refractivity contribution in [3.8, 4) is 0 Å². The fourth-order valence-electron chi connectivity index (χ4n) is 3.89. The van der Waals surface area contributed by atoms with E-state index in [1.807, 2.05) is 23.1 Å². The Morgan fingerprint density at radius 3 is 2.65 bits per heavy atom. The Kier molecular flexibility index (Phi) is 4.37. The fourth-order valence-corrected chi connectivity index (χ4v) is 3.89.